The zero-order valence-electron chi connectivity index (χ0n) is 14.3. The molecule has 1 aromatic rings. The van der Waals surface area contributed by atoms with Gasteiger partial charge in [0.1, 0.15) is 6.54 Å². The van der Waals surface area contributed by atoms with Gasteiger partial charge in [0.05, 0.1) is 19.1 Å². The van der Waals surface area contributed by atoms with E-state index < -0.39 is 5.97 Å². The number of likely N-dealkylation sites (tertiary alicyclic amines) is 1. The van der Waals surface area contributed by atoms with Gasteiger partial charge in [-0.3, -0.25) is 14.2 Å². The zero-order valence-corrected chi connectivity index (χ0v) is 14.3. The summed E-state index contributed by atoms with van der Waals surface area (Å²) in [4.78, 5) is 27.7. The largest absolute Gasteiger partial charge is 0.480 e. The first kappa shape index (κ1) is 17.0. The number of aryl methyl sites for hydroxylation is 1. The summed E-state index contributed by atoms with van der Waals surface area (Å²) in [7, 11) is 0. The molecule has 2 aliphatic rings. The molecular weight excluding hydrogens is 308 g/mol. The standard InChI is InChI=1S/C17H26N4O3/c1-13-10-18-16(17(24)20(13)11-15(22)23)19-12-21(8-4-5-9-21)14-6-2-3-7-14/h10,14H,2-9,11-12H2,1H3,(H-,18,19,22,23)/p+1. The molecule has 7 nitrogen and oxygen atoms in total. The van der Waals surface area contributed by atoms with Crippen LogP contribution in [0.25, 0.3) is 0 Å². The highest BCUT2D eigenvalue weighted by molar-refractivity contribution is 5.66. The number of carbonyl (C=O) groups is 1. The first-order valence-electron chi connectivity index (χ1n) is 8.90. The normalized spacial score (nSPS) is 20.4. The van der Waals surface area contributed by atoms with Gasteiger partial charge in [0.15, 0.2) is 12.5 Å². The highest BCUT2D eigenvalue weighted by Crippen LogP contribution is 2.33. The zero-order chi connectivity index (χ0) is 17.2. The fourth-order valence-corrected chi connectivity index (χ4v) is 4.33. The van der Waals surface area contributed by atoms with E-state index in [0.29, 0.717) is 18.4 Å². The summed E-state index contributed by atoms with van der Waals surface area (Å²) in [6.07, 6.45) is 9.19. The van der Waals surface area contributed by atoms with E-state index in [4.69, 9.17) is 5.11 Å². The monoisotopic (exact) mass is 335 g/mol. The lowest BCUT2D eigenvalue weighted by Gasteiger charge is -2.40. The molecule has 0 bridgehead atoms. The van der Waals surface area contributed by atoms with E-state index in [-0.39, 0.29) is 17.9 Å². The molecule has 0 spiro atoms. The molecule has 0 unspecified atom stereocenters. The Hall–Kier alpha value is -1.89. The van der Waals surface area contributed by atoms with Crippen molar-refractivity contribution in [2.24, 2.45) is 0 Å². The summed E-state index contributed by atoms with van der Waals surface area (Å²) in [5, 5.41) is 12.2. The number of rotatable bonds is 6. The number of aromatic nitrogens is 2. The van der Waals surface area contributed by atoms with Gasteiger partial charge in [-0.15, -0.1) is 0 Å². The van der Waals surface area contributed by atoms with Crippen LogP contribution in [-0.4, -0.2) is 50.9 Å². The van der Waals surface area contributed by atoms with E-state index in [2.05, 4.69) is 10.3 Å². The molecule has 0 atom stereocenters. The molecule has 1 aromatic heterocycles. The lowest BCUT2D eigenvalue weighted by atomic mass is 10.2. The van der Waals surface area contributed by atoms with Crippen LogP contribution in [0.2, 0.25) is 0 Å². The summed E-state index contributed by atoms with van der Waals surface area (Å²) in [6, 6.07) is 0.687. The summed E-state index contributed by atoms with van der Waals surface area (Å²) in [5.74, 6) is -0.754. The SMILES string of the molecule is Cc1cnc(NC[N+]2(C3CCCC3)CCCC2)c(=O)n1CC(=O)O. The van der Waals surface area contributed by atoms with Gasteiger partial charge < -0.3 is 14.9 Å². The van der Waals surface area contributed by atoms with Gasteiger partial charge in [-0.1, -0.05) is 0 Å². The second kappa shape index (κ2) is 6.93. The number of hydrogen-bond donors (Lipinski definition) is 2. The van der Waals surface area contributed by atoms with E-state index >= 15 is 0 Å². The van der Waals surface area contributed by atoms with Gasteiger partial charge in [-0.2, -0.15) is 0 Å². The minimum Gasteiger partial charge on any atom is -0.480 e. The molecule has 2 heterocycles. The summed E-state index contributed by atoms with van der Waals surface area (Å²) in [5.41, 5.74) is 0.218. The first-order chi connectivity index (χ1) is 11.5. The molecule has 0 aromatic carbocycles. The Balaban J connectivity index is 1.78. The van der Waals surface area contributed by atoms with Crippen molar-refractivity contribution in [2.75, 3.05) is 25.1 Å². The van der Waals surface area contributed by atoms with Gasteiger partial charge >= 0.3 is 5.97 Å². The molecule has 24 heavy (non-hydrogen) atoms. The Morgan fingerprint density at radius 1 is 1.33 bits per heavy atom. The smallest absolute Gasteiger partial charge is 0.323 e. The number of nitrogens with zero attached hydrogens (tertiary/aromatic N) is 3. The number of hydrogen-bond acceptors (Lipinski definition) is 4. The maximum absolute atomic E-state index is 12.5. The van der Waals surface area contributed by atoms with Crippen LogP contribution in [0.1, 0.15) is 44.2 Å². The summed E-state index contributed by atoms with van der Waals surface area (Å²) < 4.78 is 2.30. The number of carboxylic acids is 1. The number of anilines is 1. The average Bonchev–Trinajstić information content (AvgIpc) is 3.22. The predicted molar refractivity (Wildman–Crippen MR) is 90.8 cm³/mol. The lowest BCUT2D eigenvalue weighted by Crippen LogP contribution is -2.55. The number of nitrogens with one attached hydrogen (secondary N) is 1. The Kier molecular flexibility index (Phi) is 4.89. The van der Waals surface area contributed by atoms with Crippen molar-refractivity contribution in [1.29, 1.82) is 0 Å². The lowest BCUT2D eigenvalue weighted by molar-refractivity contribution is -0.936. The Morgan fingerprint density at radius 2 is 2.00 bits per heavy atom. The van der Waals surface area contributed by atoms with Crippen LogP contribution in [-0.2, 0) is 11.3 Å². The first-order valence-corrected chi connectivity index (χ1v) is 8.90. The summed E-state index contributed by atoms with van der Waals surface area (Å²) >= 11 is 0. The minimum atomic E-state index is -1.02. The average molecular weight is 335 g/mol. The molecule has 7 heteroatoms. The van der Waals surface area contributed by atoms with Crippen molar-refractivity contribution >= 4 is 11.8 Å². The Morgan fingerprint density at radius 3 is 2.62 bits per heavy atom. The van der Waals surface area contributed by atoms with Gasteiger partial charge in [-0.25, -0.2) is 4.98 Å². The van der Waals surface area contributed by atoms with E-state index in [9.17, 15) is 9.59 Å². The Bertz CT molecular complexity index is 658. The minimum absolute atomic E-state index is 0.268. The third kappa shape index (κ3) is 3.31. The van der Waals surface area contributed by atoms with Crippen LogP contribution in [0.15, 0.2) is 11.0 Å². The van der Waals surface area contributed by atoms with Crippen LogP contribution in [0, 0.1) is 6.92 Å². The van der Waals surface area contributed by atoms with E-state index in [1.165, 1.54) is 43.1 Å². The molecule has 1 saturated carbocycles. The van der Waals surface area contributed by atoms with Crippen molar-refractivity contribution in [3.63, 3.8) is 0 Å². The summed E-state index contributed by atoms with van der Waals surface area (Å²) in [6.45, 7) is 4.40. The third-order valence-corrected chi connectivity index (χ3v) is 5.66. The van der Waals surface area contributed by atoms with Crippen molar-refractivity contribution in [2.45, 2.75) is 58.0 Å². The molecule has 0 radical (unpaired) electrons. The van der Waals surface area contributed by atoms with Crippen molar-refractivity contribution < 1.29 is 14.4 Å². The molecule has 0 amide bonds. The molecule has 3 rings (SSSR count). The van der Waals surface area contributed by atoms with Crippen molar-refractivity contribution in [3.8, 4) is 0 Å². The van der Waals surface area contributed by atoms with E-state index in [1.807, 2.05) is 0 Å². The third-order valence-electron chi connectivity index (χ3n) is 5.66. The topological polar surface area (TPSA) is 84.2 Å². The maximum atomic E-state index is 12.5. The van der Waals surface area contributed by atoms with E-state index in [1.54, 1.807) is 13.1 Å². The van der Waals surface area contributed by atoms with Crippen LogP contribution in [0.4, 0.5) is 5.82 Å². The van der Waals surface area contributed by atoms with E-state index in [0.717, 1.165) is 17.6 Å². The Labute approximate surface area is 141 Å². The van der Waals surface area contributed by atoms with Gasteiger partial charge in [-0.05, 0) is 32.6 Å². The van der Waals surface area contributed by atoms with Gasteiger partial charge in [0.2, 0.25) is 0 Å². The molecule has 1 saturated heterocycles. The van der Waals surface area contributed by atoms with Gasteiger partial charge in [0, 0.05) is 24.7 Å². The van der Waals surface area contributed by atoms with Crippen LogP contribution in [0.5, 0.6) is 0 Å². The molecule has 1 aliphatic carbocycles. The fraction of sp³-hybridized carbons (Fsp3) is 0.706. The van der Waals surface area contributed by atoms with Crippen molar-refractivity contribution in [1.82, 2.24) is 9.55 Å². The fourth-order valence-electron chi connectivity index (χ4n) is 4.33. The molecular formula is C17H27N4O3+. The second-order valence-corrected chi connectivity index (χ2v) is 7.18. The second-order valence-electron chi connectivity index (χ2n) is 7.18. The molecule has 132 valence electrons. The number of quaternary nitrogens is 1. The molecule has 2 N–H and O–H groups in total. The number of carboxylic acid groups (broad SMARTS) is 1. The van der Waals surface area contributed by atoms with Crippen LogP contribution < -0.4 is 10.9 Å². The highest BCUT2D eigenvalue weighted by atomic mass is 16.4. The molecule has 2 fully saturated rings. The van der Waals surface area contributed by atoms with Crippen LogP contribution in [0.3, 0.4) is 0 Å². The van der Waals surface area contributed by atoms with Crippen molar-refractivity contribution in [3.05, 3.63) is 22.2 Å². The van der Waals surface area contributed by atoms with Crippen LogP contribution >= 0.6 is 0 Å². The maximum Gasteiger partial charge on any atom is 0.323 e. The molecule has 1 aliphatic heterocycles. The predicted octanol–water partition coefficient (Wildman–Crippen LogP) is 1.56. The highest BCUT2D eigenvalue weighted by Gasteiger charge is 2.41. The number of aliphatic carboxylic acids is 1. The quantitative estimate of drug-likeness (QED) is 0.771. The van der Waals surface area contributed by atoms with Gasteiger partial charge in [0.25, 0.3) is 5.56 Å².